The molecule has 23 heavy (non-hydrogen) atoms. The van der Waals surface area contributed by atoms with Crippen LogP contribution in [0.25, 0.3) is 0 Å². The standard InChI is InChI=1S/C18H27N3OS/c1-13-12-23-18(19-13)20-7-5-14(6-8-20)9-17(22)21-10-15-3-2-4-16(15)11-21/h12,14-16H,2-11H2,1H3. The quantitative estimate of drug-likeness (QED) is 0.851. The lowest BCUT2D eigenvalue weighted by Crippen LogP contribution is -2.37. The molecule has 3 fully saturated rings. The Morgan fingerprint density at radius 3 is 2.52 bits per heavy atom. The summed E-state index contributed by atoms with van der Waals surface area (Å²) in [5.74, 6) is 2.62. The second kappa shape index (κ2) is 6.42. The van der Waals surface area contributed by atoms with Gasteiger partial charge in [-0.1, -0.05) is 6.42 Å². The average Bonchev–Trinajstić information content (AvgIpc) is 3.23. The van der Waals surface area contributed by atoms with Crippen LogP contribution in [-0.2, 0) is 4.79 Å². The molecule has 1 aromatic rings. The molecule has 0 bridgehead atoms. The van der Waals surface area contributed by atoms with Gasteiger partial charge in [0.25, 0.3) is 0 Å². The maximum absolute atomic E-state index is 12.6. The number of carbonyl (C=O) groups excluding carboxylic acids is 1. The van der Waals surface area contributed by atoms with Crippen molar-refractivity contribution in [2.75, 3.05) is 31.1 Å². The number of amides is 1. The zero-order chi connectivity index (χ0) is 15.8. The number of aryl methyl sites for hydroxylation is 1. The van der Waals surface area contributed by atoms with Crippen molar-refractivity contribution in [2.45, 2.75) is 45.4 Å². The molecule has 0 N–H and O–H groups in total. The highest BCUT2D eigenvalue weighted by atomic mass is 32.1. The largest absolute Gasteiger partial charge is 0.348 e. The van der Waals surface area contributed by atoms with Gasteiger partial charge in [-0.3, -0.25) is 4.79 Å². The number of hydrogen-bond donors (Lipinski definition) is 0. The molecule has 4 rings (SSSR count). The monoisotopic (exact) mass is 333 g/mol. The summed E-state index contributed by atoms with van der Waals surface area (Å²) >= 11 is 1.74. The van der Waals surface area contributed by atoms with E-state index in [9.17, 15) is 4.79 Å². The van der Waals surface area contributed by atoms with Gasteiger partial charge in [0.2, 0.25) is 5.91 Å². The van der Waals surface area contributed by atoms with Gasteiger partial charge in [0.15, 0.2) is 5.13 Å². The summed E-state index contributed by atoms with van der Waals surface area (Å²) in [6, 6.07) is 0. The van der Waals surface area contributed by atoms with Crippen LogP contribution in [-0.4, -0.2) is 42.0 Å². The van der Waals surface area contributed by atoms with E-state index in [0.717, 1.165) is 68.1 Å². The van der Waals surface area contributed by atoms with Crippen molar-refractivity contribution in [1.82, 2.24) is 9.88 Å². The van der Waals surface area contributed by atoms with Crippen molar-refractivity contribution in [1.29, 1.82) is 0 Å². The predicted molar refractivity (Wildman–Crippen MR) is 93.8 cm³/mol. The Kier molecular flexibility index (Phi) is 4.31. The molecule has 2 atom stereocenters. The van der Waals surface area contributed by atoms with Gasteiger partial charge in [0.05, 0.1) is 5.69 Å². The highest BCUT2D eigenvalue weighted by Crippen LogP contribution is 2.38. The van der Waals surface area contributed by atoms with E-state index in [4.69, 9.17) is 0 Å². The molecule has 2 unspecified atom stereocenters. The lowest BCUT2D eigenvalue weighted by molar-refractivity contribution is -0.131. The number of rotatable bonds is 3. The van der Waals surface area contributed by atoms with Crippen molar-refractivity contribution in [3.8, 4) is 0 Å². The van der Waals surface area contributed by atoms with Gasteiger partial charge in [0.1, 0.15) is 0 Å². The molecule has 5 heteroatoms. The summed E-state index contributed by atoms with van der Waals surface area (Å²) in [6.45, 7) is 6.24. The molecule has 1 aromatic heterocycles. The Hall–Kier alpha value is -1.10. The van der Waals surface area contributed by atoms with Crippen LogP contribution in [0.5, 0.6) is 0 Å². The molecule has 4 nitrogen and oxygen atoms in total. The van der Waals surface area contributed by atoms with Crippen LogP contribution in [0.3, 0.4) is 0 Å². The molecule has 2 aliphatic heterocycles. The molecule has 1 saturated carbocycles. The fourth-order valence-electron chi connectivity index (χ4n) is 4.63. The number of carbonyl (C=O) groups is 1. The predicted octanol–water partition coefficient (Wildman–Crippen LogP) is 3.32. The van der Waals surface area contributed by atoms with Gasteiger partial charge in [-0.2, -0.15) is 0 Å². The lowest BCUT2D eigenvalue weighted by Gasteiger charge is -2.32. The molecule has 0 spiro atoms. The van der Waals surface area contributed by atoms with Crippen molar-refractivity contribution in [3.63, 3.8) is 0 Å². The van der Waals surface area contributed by atoms with E-state index in [1.807, 2.05) is 0 Å². The van der Waals surface area contributed by atoms with E-state index >= 15 is 0 Å². The van der Waals surface area contributed by atoms with Crippen molar-refractivity contribution < 1.29 is 4.79 Å². The van der Waals surface area contributed by atoms with Crippen LogP contribution >= 0.6 is 11.3 Å². The molecule has 126 valence electrons. The Morgan fingerprint density at radius 1 is 1.22 bits per heavy atom. The van der Waals surface area contributed by atoms with E-state index in [1.165, 1.54) is 19.3 Å². The van der Waals surface area contributed by atoms with Crippen LogP contribution in [0.2, 0.25) is 0 Å². The molecular weight excluding hydrogens is 306 g/mol. The van der Waals surface area contributed by atoms with Crippen LogP contribution < -0.4 is 4.90 Å². The number of nitrogens with zero attached hydrogens (tertiary/aromatic N) is 3. The minimum Gasteiger partial charge on any atom is -0.348 e. The number of fused-ring (bicyclic) bond motifs is 1. The summed E-state index contributed by atoms with van der Waals surface area (Å²) in [5.41, 5.74) is 1.11. The molecule has 1 aliphatic carbocycles. The third-order valence-corrected chi connectivity index (χ3v) is 7.05. The first-order chi connectivity index (χ1) is 11.2. The summed E-state index contributed by atoms with van der Waals surface area (Å²) in [7, 11) is 0. The average molecular weight is 334 g/mol. The van der Waals surface area contributed by atoms with Gasteiger partial charge in [0, 0.05) is 38.0 Å². The molecule has 3 aliphatic rings. The number of piperidine rings is 1. The van der Waals surface area contributed by atoms with Gasteiger partial charge in [-0.25, -0.2) is 4.98 Å². The summed E-state index contributed by atoms with van der Waals surface area (Å²) in [5, 5.41) is 3.27. The Morgan fingerprint density at radius 2 is 1.91 bits per heavy atom. The number of likely N-dealkylation sites (tertiary alicyclic amines) is 1. The van der Waals surface area contributed by atoms with E-state index in [2.05, 4.69) is 27.1 Å². The Labute approximate surface area is 142 Å². The highest BCUT2D eigenvalue weighted by Gasteiger charge is 2.38. The van der Waals surface area contributed by atoms with Crippen molar-refractivity contribution in [2.24, 2.45) is 17.8 Å². The molecule has 3 heterocycles. The first-order valence-electron chi connectivity index (χ1n) is 9.14. The van der Waals surface area contributed by atoms with E-state index < -0.39 is 0 Å². The zero-order valence-electron chi connectivity index (χ0n) is 14.0. The van der Waals surface area contributed by atoms with E-state index in [1.54, 1.807) is 11.3 Å². The summed E-state index contributed by atoms with van der Waals surface area (Å²) in [4.78, 5) is 21.7. The second-order valence-corrected chi connectivity index (χ2v) is 8.49. The number of thiazole rings is 1. The minimum absolute atomic E-state index is 0.419. The smallest absolute Gasteiger partial charge is 0.222 e. The van der Waals surface area contributed by atoms with Gasteiger partial charge < -0.3 is 9.80 Å². The summed E-state index contributed by atoms with van der Waals surface area (Å²) < 4.78 is 0. The van der Waals surface area contributed by atoms with Gasteiger partial charge in [-0.05, 0) is 50.4 Å². The Balaban J connectivity index is 1.25. The first kappa shape index (κ1) is 15.4. The van der Waals surface area contributed by atoms with Gasteiger partial charge >= 0.3 is 0 Å². The molecule has 0 aromatic carbocycles. The van der Waals surface area contributed by atoms with Crippen LogP contribution in [0.1, 0.15) is 44.2 Å². The van der Waals surface area contributed by atoms with Crippen molar-refractivity contribution >= 4 is 22.4 Å². The van der Waals surface area contributed by atoms with Crippen molar-refractivity contribution in [3.05, 3.63) is 11.1 Å². The maximum Gasteiger partial charge on any atom is 0.222 e. The minimum atomic E-state index is 0.419. The first-order valence-corrected chi connectivity index (χ1v) is 10.0. The third-order valence-electron chi connectivity index (χ3n) is 6.03. The molecule has 2 saturated heterocycles. The normalized spacial score (nSPS) is 28.4. The highest BCUT2D eigenvalue weighted by molar-refractivity contribution is 7.13. The SMILES string of the molecule is Cc1csc(N2CCC(CC(=O)N3CC4CCCC4C3)CC2)n1. The van der Waals surface area contributed by atoms with Crippen LogP contribution in [0.4, 0.5) is 5.13 Å². The molecule has 1 amide bonds. The second-order valence-electron chi connectivity index (χ2n) is 7.66. The fraction of sp³-hybridized carbons (Fsp3) is 0.778. The number of anilines is 1. The molecular formula is C18H27N3OS. The van der Waals surface area contributed by atoms with Gasteiger partial charge in [-0.15, -0.1) is 11.3 Å². The Bertz CT molecular complexity index is 552. The third kappa shape index (κ3) is 3.25. The van der Waals surface area contributed by atoms with E-state index in [0.29, 0.717) is 11.8 Å². The zero-order valence-corrected chi connectivity index (χ0v) is 14.9. The van der Waals surface area contributed by atoms with Crippen LogP contribution in [0, 0.1) is 24.7 Å². The lowest BCUT2D eigenvalue weighted by atomic mass is 9.93. The fourth-order valence-corrected chi connectivity index (χ4v) is 5.49. The number of hydrogen-bond acceptors (Lipinski definition) is 4. The topological polar surface area (TPSA) is 36.4 Å². The number of aromatic nitrogens is 1. The maximum atomic E-state index is 12.6. The van der Waals surface area contributed by atoms with E-state index in [-0.39, 0.29) is 0 Å². The summed E-state index contributed by atoms with van der Waals surface area (Å²) in [6.07, 6.45) is 7.10. The molecule has 0 radical (unpaired) electrons. The van der Waals surface area contributed by atoms with Crippen LogP contribution in [0.15, 0.2) is 5.38 Å².